The number of nitrogens with one attached hydrogen (secondary N) is 1. The number of ether oxygens (including phenoxy) is 2. The minimum absolute atomic E-state index is 0.0181. The van der Waals surface area contributed by atoms with Crippen molar-refractivity contribution in [3.63, 3.8) is 0 Å². The number of nitrogens with zero attached hydrogens (tertiary/aromatic N) is 3. The lowest BCUT2D eigenvalue weighted by Gasteiger charge is -2.31. The van der Waals surface area contributed by atoms with Crippen LogP contribution in [0.15, 0.2) is 36.5 Å². The summed E-state index contributed by atoms with van der Waals surface area (Å²) in [7, 11) is 3.18. The van der Waals surface area contributed by atoms with Gasteiger partial charge in [0.1, 0.15) is 21.8 Å². The number of aromatic nitrogens is 2. The Labute approximate surface area is 167 Å². The highest BCUT2D eigenvalue weighted by atomic mass is 32.1. The van der Waals surface area contributed by atoms with Crippen molar-refractivity contribution in [2.24, 2.45) is 5.92 Å². The van der Waals surface area contributed by atoms with E-state index in [0.29, 0.717) is 23.7 Å². The molecule has 28 heavy (non-hydrogen) atoms. The number of pyridine rings is 1. The maximum atomic E-state index is 12.9. The molecule has 0 saturated carbocycles. The molecule has 1 N–H and O–H groups in total. The summed E-state index contributed by atoms with van der Waals surface area (Å²) in [5, 5.41) is 3.93. The molecule has 0 aliphatic carbocycles. The Morgan fingerprint density at radius 2 is 2.18 bits per heavy atom. The smallest absolute Gasteiger partial charge is 0.229 e. The van der Waals surface area contributed by atoms with Crippen LogP contribution in [0.4, 0.5) is 10.8 Å². The van der Waals surface area contributed by atoms with Gasteiger partial charge in [-0.3, -0.25) is 4.79 Å². The van der Waals surface area contributed by atoms with E-state index in [1.807, 2.05) is 12.1 Å². The summed E-state index contributed by atoms with van der Waals surface area (Å²) in [6, 6.07) is 9.22. The summed E-state index contributed by atoms with van der Waals surface area (Å²) in [5.41, 5.74) is 1.52. The SMILES string of the molecule is COc1ccc(OC)c(NC(=O)C2CCCN(c3nc4cccnc4s3)C2)c1. The number of amides is 1. The third-order valence-electron chi connectivity index (χ3n) is 4.88. The molecule has 1 unspecified atom stereocenters. The van der Waals surface area contributed by atoms with E-state index in [9.17, 15) is 4.79 Å². The van der Waals surface area contributed by atoms with Crippen LogP contribution in [0.25, 0.3) is 10.3 Å². The molecule has 7 nitrogen and oxygen atoms in total. The molecule has 3 aromatic rings. The number of thiazole rings is 1. The van der Waals surface area contributed by atoms with Crippen molar-refractivity contribution >= 4 is 38.4 Å². The molecule has 1 atom stereocenters. The van der Waals surface area contributed by atoms with E-state index < -0.39 is 0 Å². The first-order valence-corrected chi connectivity index (χ1v) is 9.99. The Morgan fingerprint density at radius 3 is 2.96 bits per heavy atom. The average molecular weight is 398 g/mol. The van der Waals surface area contributed by atoms with Crippen LogP contribution in [0.2, 0.25) is 0 Å². The molecule has 8 heteroatoms. The fourth-order valence-electron chi connectivity index (χ4n) is 3.41. The zero-order valence-corrected chi connectivity index (χ0v) is 16.7. The first-order chi connectivity index (χ1) is 13.7. The number of methoxy groups -OCH3 is 2. The standard InChI is InChI=1S/C20H22N4O3S/c1-26-14-7-8-17(27-2)16(11-14)22-18(25)13-5-4-10-24(12-13)20-23-15-6-3-9-21-19(15)28-20/h3,6-9,11,13H,4-5,10,12H2,1-2H3,(H,22,25). The molecule has 0 bridgehead atoms. The molecule has 1 aromatic carbocycles. The molecule has 1 aliphatic rings. The molecule has 146 valence electrons. The van der Waals surface area contributed by atoms with Gasteiger partial charge in [0.25, 0.3) is 0 Å². The van der Waals surface area contributed by atoms with Crippen molar-refractivity contribution < 1.29 is 14.3 Å². The van der Waals surface area contributed by atoms with Crippen molar-refractivity contribution in [1.82, 2.24) is 9.97 Å². The third-order valence-corrected chi connectivity index (χ3v) is 5.92. The van der Waals surface area contributed by atoms with Crippen molar-refractivity contribution in [1.29, 1.82) is 0 Å². The minimum atomic E-state index is -0.121. The first-order valence-electron chi connectivity index (χ1n) is 9.17. The Hall–Kier alpha value is -2.87. The molecule has 0 spiro atoms. The lowest BCUT2D eigenvalue weighted by molar-refractivity contribution is -0.120. The van der Waals surface area contributed by atoms with Crippen molar-refractivity contribution in [3.8, 4) is 11.5 Å². The predicted molar refractivity (Wildman–Crippen MR) is 111 cm³/mol. The van der Waals surface area contributed by atoms with Gasteiger partial charge in [-0.05, 0) is 37.1 Å². The number of hydrogen-bond acceptors (Lipinski definition) is 7. The maximum Gasteiger partial charge on any atom is 0.229 e. The van der Waals surface area contributed by atoms with Crippen LogP contribution in [-0.2, 0) is 4.79 Å². The molecule has 1 fully saturated rings. The van der Waals surface area contributed by atoms with Crippen LogP contribution < -0.4 is 19.7 Å². The van der Waals surface area contributed by atoms with E-state index in [0.717, 1.165) is 34.9 Å². The van der Waals surface area contributed by atoms with E-state index in [4.69, 9.17) is 9.47 Å². The Bertz CT molecular complexity index is 957. The summed E-state index contributed by atoms with van der Waals surface area (Å²) >= 11 is 1.57. The normalized spacial score (nSPS) is 16.8. The van der Waals surface area contributed by atoms with Gasteiger partial charge in [0, 0.05) is 25.4 Å². The highest BCUT2D eigenvalue weighted by Crippen LogP contribution is 2.32. The van der Waals surface area contributed by atoms with Crippen molar-refractivity contribution in [2.45, 2.75) is 12.8 Å². The molecule has 3 heterocycles. The number of rotatable bonds is 5. The maximum absolute atomic E-state index is 12.9. The fraction of sp³-hybridized carbons (Fsp3) is 0.350. The van der Waals surface area contributed by atoms with Crippen LogP contribution in [0.3, 0.4) is 0 Å². The van der Waals surface area contributed by atoms with Crippen molar-refractivity contribution in [3.05, 3.63) is 36.5 Å². The highest BCUT2D eigenvalue weighted by Gasteiger charge is 2.28. The largest absolute Gasteiger partial charge is 0.497 e. The predicted octanol–water partition coefficient (Wildman–Crippen LogP) is 3.56. The zero-order valence-electron chi connectivity index (χ0n) is 15.8. The number of fused-ring (bicyclic) bond motifs is 1. The quantitative estimate of drug-likeness (QED) is 0.708. The molecule has 1 aliphatic heterocycles. The molecule has 2 aromatic heterocycles. The number of piperidine rings is 1. The van der Waals surface area contributed by atoms with E-state index >= 15 is 0 Å². The second-order valence-corrected chi connectivity index (χ2v) is 7.62. The second-order valence-electron chi connectivity index (χ2n) is 6.66. The fourth-order valence-corrected chi connectivity index (χ4v) is 4.35. The summed E-state index contributed by atoms with van der Waals surface area (Å²) in [5.74, 6) is 1.14. The summed E-state index contributed by atoms with van der Waals surface area (Å²) in [6.45, 7) is 1.53. The highest BCUT2D eigenvalue weighted by molar-refractivity contribution is 7.21. The molecular weight excluding hydrogens is 376 g/mol. The lowest BCUT2D eigenvalue weighted by atomic mass is 9.97. The minimum Gasteiger partial charge on any atom is -0.497 e. The van der Waals surface area contributed by atoms with Gasteiger partial charge < -0.3 is 19.7 Å². The Kier molecular flexibility index (Phi) is 5.29. The Morgan fingerprint density at radius 1 is 1.29 bits per heavy atom. The van der Waals surface area contributed by atoms with Crippen LogP contribution >= 0.6 is 11.3 Å². The number of anilines is 2. The van der Waals surface area contributed by atoms with Gasteiger partial charge in [0.2, 0.25) is 5.91 Å². The number of benzene rings is 1. The summed E-state index contributed by atoms with van der Waals surface area (Å²) in [4.78, 5) is 25.1. The van der Waals surface area contributed by atoms with Crippen LogP contribution in [0.5, 0.6) is 11.5 Å². The molecule has 0 radical (unpaired) electrons. The third kappa shape index (κ3) is 3.73. The molecule has 1 amide bonds. The molecular formula is C20H22N4O3S. The first kappa shape index (κ1) is 18.5. The number of carbonyl (C=O) groups excluding carboxylic acids is 1. The zero-order chi connectivity index (χ0) is 19.5. The molecule has 4 rings (SSSR count). The van der Waals surface area contributed by atoms with Gasteiger partial charge in [-0.15, -0.1) is 0 Å². The van der Waals surface area contributed by atoms with E-state index in [1.54, 1.807) is 50.0 Å². The van der Waals surface area contributed by atoms with Crippen LogP contribution in [0.1, 0.15) is 12.8 Å². The van der Waals surface area contributed by atoms with Gasteiger partial charge in [0.05, 0.1) is 25.8 Å². The van der Waals surface area contributed by atoms with E-state index in [1.165, 1.54) is 0 Å². The van der Waals surface area contributed by atoms with Gasteiger partial charge in [-0.25, -0.2) is 9.97 Å². The number of hydrogen-bond donors (Lipinski definition) is 1. The lowest BCUT2D eigenvalue weighted by Crippen LogP contribution is -2.40. The molecule has 1 saturated heterocycles. The summed E-state index contributed by atoms with van der Waals surface area (Å²) in [6.07, 6.45) is 3.56. The van der Waals surface area contributed by atoms with Gasteiger partial charge >= 0.3 is 0 Å². The Balaban J connectivity index is 1.49. The average Bonchev–Trinajstić information content (AvgIpc) is 3.18. The number of carbonyl (C=O) groups is 1. The van der Waals surface area contributed by atoms with Crippen molar-refractivity contribution in [2.75, 3.05) is 37.5 Å². The van der Waals surface area contributed by atoms with Gasteiger partial charge in [-0.1, -0.05) is 11.3 Å². The second kappa shape index (κ2) is 8.02. The van der Waals surface area contributed by atoms with E-state index in [2.05, 4.69) is 20.2 Å². The summed E-state index contributed by atoms with van der Waals surface area (Å²) < 4.78 is 10.6. The van der Waals surface area contributed by atoms with Crippen LogP contribution in [0, 0.1) is 5.92 Å². The van der Waals surface area contributed by atoms with E-state index in [-0.39, 0.29) is 11.8 Å². The topological polar surface area (TPSA) is 76.6 Å². The monoisotopic (exact) mass is 398 g/mol. The van der Waals surface area contributed by atoms with Crippen LogP contribution in [-0.4, -0.2) is 43.2 Å². The van der Waals surface area contributed by atoms with Gasteiger partial charge in [0.15, 0.2) is 5.13 Å². The van der Waals surface area contributed by atoms with Gasteiger partial charge in [-0.2, -0.15) is 0 Å².